The quantitative estimate of drug-likeness (QED) is 0.0261. The summed E-state index contributed by atoms with van der Waals surface area (Å²) in [4.78, 5) is 38.0. The molecular weight excluding hydrogens is 901 g/mol. The Morgan fingerprint density at radius 2 is 0.534 bits per heavy atom. The molecule has 0 amide bonds. The molecule has 6 nitrogen and oxygen atoms in total. The Labute approximate surface area is 451 Å². The molecule has 0 bridgehead atoms. The number of esters is 3. The third kappa shape index (κ3) is 59.1. The van der Waals surface area contributed by atoms with Gasteiger partial charge < -0.3 is 14.2 Å². The summed E-state index contributed by atoms with van der Waals surface area (Å²) in [6.07, 6.45) is 81.9. The van der Waals surface area contributed by atoms with Gasteiger partial charge >= 0.3 is 17.9 Å². The van der Waals surface area contributed by atoms with Crippen molar-refractivity contribution in [3.63, 3.8) is 0 Å². The molecule has 0 aliphatic carbocycles. The van der Waals surface area contributed by atoms with E-state index in [1.807, 2.05) is 24.3 Å². The molecule has 0 rings (SSSR count). The Bertz CT molecular complexity index is 1440. The van der Waals surface area contributed by atoms with Crippen LogP contribution in [0.5, 0.6) is 0 Å². The first kappa shape index (κ1) is 69.3. The predicted octanol–water partition coefficient (Wildman–Crippen LogP) is 20.9. The largest absolute Gasteiger partial charge is 0.462 e. The second-order valence-corrected chi connectivity index (χ2v) is 20.2. The highest BCUT2D eigenvalue weighted by Crippen LogP contribution is 2.17. The predicted molar refractivity (Wildman–Crippen MR) is 316 cm³/mol. The zero-order valence-electron chi connectivity index (χ0n) is 47.9. The minimum Gasteiger partial charge on any atom is -0.462 e. The van der Waals surface area contributed by atoms with Crippen LogP contribution in [-0.4, -0.2) is 37.2 Å². The highest BCUT2D eigenvalue weighted by Gasteiger charge is 2.19. The van der Waals surface area contributed by atoms with E-state index in [0.717, 1.165) is 70.6 Å². The number of hydrogen-bond acceptors (Lipinski definition) is 6. The van der Waals surface area contributed by atoms with Gasteiger partial charge in [0.15, 0.2) is 6.10 Å². The molecule has 418 valence electrons. The van der Waals surface area contributed by atoms with Gasteiger partial charge in [-0.05, 0) is 70.6 Å². The van der Waals surface area contributed by atoms with Crippen LogP contribution in [0.25, 0.3) is 0 Å². The lowest BCUT2D eigenvalue weighted by atomic mass is 10.0. The van der Waals surface area contributed by atoms with Crippen LogP contribution in [0.2, 0.25) is 0 Å². The van der Waals surface area contributed by atoms with E-state index in [2.05, 4.69) is 93.7 Å². The summed E-state index contributed by atoms with van der Waals surface area (Å²) in [6, 6.07) is 0. The van der Waals surface area contributed by atoms with Gasteiger partial charge in [-0.15, -0.1) is 0 Å². The molecule has 6 heteroatoms. The van der Waals surface area contributed by atoms with E-state index in [0.29, 0.717) is 19.3 Å². The van der Waals surface area contributed by atoms with Crippen molar-refractivity contribution in [3.8, 4) is 0 Å². The molecule has 0 radical (unpaired) electrons. The van der Waals surface area contributed by atoms with Gasteiger partial charge in [0.05, 0.1) is 0 Å². The van der Waals surface area contributed by atoms with Crippen molar-refractivity contribution < 1.29 is 28.6 Å². The standard InChI is InChI=1S/C67H114O6/c1-4-7-10-13-16-19-22-25-26-27-28-29-30-31-32-33-34-35-36-37-38-39-40-43-45-48-51-54-57-60-66(69)72-63-64(73-67(70)61-58-55-52-49-46-42-24-21-18-15-12-9-6-3)62-71-65(68)59-56-53-50-47-44-41-23-20-17-14-11-8-5-2/h8-9,11-12,17-18,20-21,41-42,44,46,50,52-53,55,64H,4-7,10,13-16,19,22-40,43,45,47-49,51,54,56-63H2,1-3H3/b11-8-,12-9-,20-17-,21-18-,44-41-,46-42-,53-50-,55-52-. The van der Waals surface area contributed by atoms with Gasteiger partial charge in [-0.2, -0.15) is 0 Å². The van der Waals surface area contributed by atoms with Crippen LogP contribution in [0.3, 0.4) is 0 Å². The van der Waals surface area contributed by atoms with Crippen LogP contribution in [0.15, 0.2) is 97.2 Å². The van der Waals surface area contributed by atoms with Gasteiger partial charge in [-0.1, -0.05) is 298 Å². The van der Waals surface area contributed by atoms with Gasteiger partial charge in [0, 0.05) is 19.3 Å². The lowest BCUT2D eigenvalue weighted by Gasteiger charge is -2.18. The molecule has 0 aliphatic heterocycles. The van der Waals surface area contributed by atoms with Crippen molar-refractivity contribution in [1.82, 2.24) is 0 Å². The lowest BCUT2D eigenvalue weighted by molar-refractivity contribution is -0.166. The summed E-state index contributed by atoms with van der Waals surface area (Å²) < 4.78 is 16.7. The minimum atomic E-state index is -0.844. The van der Waals surface area contributed by atoms with Crippen LogP contribution in [0, 0.1) is 0 Å². The number of hydrogen-bond donors (Lipinski definition) is 0. The van der Waals surface area contributed by atoms with Crippen LogP contribution >= 0.6 is 0 Å². The fraction of sp³-hybridized carbons (Fsp3) is 0.716. The summed E-state index contributed by atoms with van der Waals surface area (Å²) in [5.41, 5.74) is 0. The summed E-state index contributed by atoms with van der Waals surface area (Å²) in [7, 11) is 0. The number of allylic oxidation sites excluding steroid dienone is 16. The second kappa shape index (κ2) is 60.9. The second-order valence-electron chi connectivity index (χ2n) is 20.2. The van der Waals surface area contributed by atoms with Crippen molar-refractivity contribution >= 4 is 17.9 Å². The molecule has 0 fully saturated rings. The van der Waals surface area contributed by atoms with Crippen LogP contribution in [-0.2, 0) is 28.6 Å². The van der Waals surface area contributed by atoms with E-state index < -0.39 is 12.1 Å². The van der Waals surface area contributed by atoms with E-state index in [-0.39, 0.29) is 38.0 Å². The van der Waals surface area contributed by atoms with Crippen molar-refractivity contribution in [2.24, 2.45) is 0 Å². The van der Waals surface area contributed by atoms with Crippen molar-refractivity contribution in [1.29, 1.82) is 0 Å². The number of rotatable bonds is 55. The summed E-state index contributed by atoms with van der Waals surface area (Å²) >= 11 is 0. The third-order valence-corrected chi connectivity index (χ3v) is 13.1. The topological polar surface area (TPSA) is 78.9 Å². The lowest BCUT2D eigenvalue weighted by Crippen LogP contribution is -2.30. The molecule has 0 aromatic carbocycles. The van der Waals surface area contributed by atoms with Crippen molar-refractivity contribution in [2.75, 3.05) is 13.2 Å². The Balaban J connectivity index is 4.23. The third-order valence-electron chi connectivity index (χ3n) is 13.1. The average molecular weight is 1020 g/mol. The SMILES string of the molecule is CC/C=C\C/C=C\C/C=C\C/C=C\CCC(=O)OCC(COC(=O)CCCCCCCCCCCCCCCCCCCCCCCCCCCCCCC)OC(=O)CC/C=C\C/C=C\C/C=C\C/C=C\CC. The van der Waals surface area contributed by atoms with Gasteiger partial charge in [0.1, 0.15) is 13.2 Å². The Morgan fingerprint density at radius 1 is 0.288 bits per heavy atom. The molecule has 0 aromatic rings. The number of ether oxygens (including phenoxy) is 3. The highest BCUT2D eigenvalue weighted by atomic mass is 16.6. The van der Waals surface area contributed by atoms with Crippen LogP contribution in [0.1, 0.15) is 290 Å². The molecule has 0 spiro atoms. The maximum absolute atomic E-state index is 12.8. The van der Waals surface area contributed by atoms with Gasteiger partial charge in [0.2, 0.25) is 0 Å². The molecule has 0 heterocycles. The number of carbonyl (C=O) groups is 3. The van der Waals surface area contributed by atoms with Crippen LogP contribution < -0.4 is 0 Å². The number of unbranched alkanes of at least 4 members (excludes halogenated alkanes) is 28. The van der Waals surface area contributed by atoms with Crippen LogP contribution in [0.4, 0.5) is 0 Å². The fourth-order valence-electron chi connectivity index (χ4n) is 8.59. The van der Waals surface area contributed by atoms with E-state index in [4.69, 9.17) is 14.2 Å². The van der Waals surface area contributed by atoms with Crippen molar-refractivity contribution in [3.05, 3.63) is 97.2 Å². The number of carbonyl (C=O) groups excluding carboxylic acids is 3. The Kier molecular flexibility index (Phi) is 57.8. The minimum absolute atomic E-state index is 0.127. The van der Waals surface area contributed by atoms with E-state index in [1.165, 1.54) is 167 Å². The van der Waals surface area contributed by atoms with E-state index in [1.54, 1.807) is 0 Å². The molecule has 1 atom stereocenters. The molecule has 1 unspecified atom stereocenters. The molecule has 0 aliphatic rings. The molecule has 0 saturated carbocycles. The monoisotopic (exact) mass is 1010 g/mol. The highest BCUT2D eigenvalue weighted by molar-refractivity contribution is 5.71. The van der Waals surface area contributed by atoms with Gasteiger partial charge in [-0.3, -0.25) is 14.4 Å². The summed E-state index contributed by atoms with van der Waals surface area (Å²) in [5, 5.41) is 0. The Hall–Kier alpha value is -3.67. The summed E-state index contributed by atoms with van der Waals surface area (Å²) in [5.74, 6) is -1.09. The smallest absolute Gasteiger partial charge is 0.306 e. The fourth-order valence-corrected chi connectivity index (χ4v) is 8.59. The average Bonchev–Trinajstić information content (AvgIpc) is 3.39. The van der Waals surface area contributed by atoms with Gasteiger partial charge in [0.25, 0.3) is 0 Å². The normalized spacial score (nSPS) is 12.8. The maximum Gasteiger partial charge on any atom is 0.306 e. The van der Waals surface area contributed by atoms with E-state index in [9.17, 15) is 14.4 Å². The molecule has 0 saturated heterocycles. The molecule has 0 N–H and O–H groups in total. The molecular formula is C67H114O6. The first-order chi connectivity index (χ1) is 36.0. The zero-order chi connectivity index (χ0) is 52.9. The Morgan fingerprint density at radius 3 is 0.836 bits per heavy atom. The zero-order valence-corrected chi connectivity index (χ0v) is 47.9. The maximum atomic E-state index is 12.8. The first-order valence-corrected chi connectivity index (χ1v) is 30.7. The van der Waals surface area contributed by atoms with E-state index >= 15 is 0 Å². The molecule has 0 aromatic heterocycles. The summed E-state index contributed by atoms with van der Waals surface area (Å²) in [6.45, 7) is 6.30. The first-order valence-electron chi connectivity index (χ1n) is 30.7. The van der Waals surface area contributed by atoms with Crippen molar-refractivity contribution in [2.45, 2.75) is 297 Å². The molecule has 73 heavy (non-hydrogen) atoms. The van der Waals surface area contributed by atoms with Gasteiger partial charge in [-0.25, -0.2) is 0 Å².